The maximum Gasteiger partial charge on any atom is 0.322 e. The van der Waals surface area contributed by atoms with Crippen LogP contribution in [0.15, 0.2) is 17.5 Å². The Bertz CT molecular complexity index is 418. The van der Waals surface area contributed by atoms with E-state index in [1.54, 1.807) is 17.5 Å². The second-order valence-electron chi connectivity index (χ2n) is 3.07. The fraction of sp³-hybridized carbons (Fsp3) is 0.222. The predicted octanol–water partition coefficient (Wildman–Crippen LogP) is -0.342. The van der Waals surface area contributed by atoms with Gasteiger partial charge in [0.2, 0.25) is 5.91 Å². The summed E-state index contributed by atoms with van der Waals surface area (Å²) < 4.78 is 0. The molecule has 0 aliphatic carbocycles. The Kier molecular flexibility index (Phi) is 4.46. The van der Waals surface area contributed by atoms with Gasteiger partial charge in [0.1, 0.15) is 12.6 Å². The van der Waals surface area contributed by atoms with Crippen LogP contribution in [-0.4, -0.2) is 29.6 Å². The van der Waals surface area contributed by atoms with Crippen molar-refractivity contribution < 1.29 is 19.5 Å². The first-order chi connectivity index (χ1) is 8.00. The number of carboxylic acid groups (broad SMARTS) is 1. The summed E-state index contributed by atoms with van der Waals surface area (Å²) in [5.41, 5.74) is 4.95. The highest BCUT2D eigenvalue weighted by Crippen LogP contribution is 2.18. The summed E-state index contributed by atoms with van der Waals surface area (Å²) in [5.74, 6) is -1.78. The molecular formula is C9H11N3O4S. The van der Waals surface area contributed by atoms with E-state index in [0.29, 0.717) is 4.88 Å². The van der Waals surface area contributed by atoms with Gasteiger partial charge in [-0.3, -0.25) is 9.59 Å². The van der Waals surface area contributed by atoms with Crippen LogP contribution in [0, 0.1) is 0 Å². The van der Waals surface area contributed by atoms with Gasteiger partial charge >= 0.3 is 12.0 Å². The van der Waals surface area contributed by atoms with Crippen LogP contribution in [0.4, 0.5) is 4.79 Å². The first-order valence-corrected chi connectivity index (χ1v) is 5.47. The molecule has 1 aromatic heterocycles. The molecule has 92 valence electrons. The molecule has 0 bridgehead atoms. The summed E-state index contributed by atoms with van der Waals surface area (Å²) in [5, 5.41) is 14.6. The number of amides is 3. The molecule has 8 heteroatoms. The minimum absolute atomic E-state index is 0.513. The van der Waals surface area contributed by atoms with Crippen LogP contribution in [0.25, 0.3) is 0 Å². The van der Waals surface area contributed by atoms with Gasteiger partial charge in [0.15, 0.2) is 0 Å². The number of nitrogens with one attached hydrogen (secondary N) is 2. The van der Waals surface area contributed by atoms with Crippen molar-refractivity contribution in [3.8, 4) is 0 Å². The van der Waals surface area contributed by atoms with E-state index >= 15 is 0 Å². The number of carboxylic acids is 1. The normalized spacial score (nSPS) is 11.5. The molecular weight excluding hydrogens is 246 g/mol. The minimum atomic E-state index is -1.16. The zero-order chi connectivity index (χ0) is 12.8. The summed E-state index contributed by atoms with van der Waals surface area (Å²) in [4.78, 5) is 33.3. The number of carbonyl (C=O) groups excluding carboxylic acids is 2. The van der Waals surface area contributed by atoms with Crippen LogP contribution in [0.1, 0.15) is 10.9 Å². The van der Waals surface area contributed by atoms with E-state index < -0.39 is 30.5 Å². The molecule has 0 saturated heterocycles. The molecule has 0 aliphatic rings. The standard InChI is InChI=1S/C9H11N3O4S/c10-9(16)12-7(5-2-1-3-17-5)8(15)11-4-6(13)14/h1-3,7H,4H2,(H,11,15)(H,13,14)(H3,10,12,16). The lowest BCUT2D eigenvalue weighted by Gasteiger charge is -2.14. The Morgan fingerprint density at radius 3 is 2.65 bits per heavy atom. The Balaban J connectivity index is 2.73. The Morgan fingerprint density at radius 1 is 1.47 bits per heavy atom. The second-order valence-corrected chi connectivity index (χ2v) is 4.05. The van der Waals surface area contributed by atoms with Crippen LogP contribution in [0.2, 0.25) is 0 Å². The smallest absolute Gasteiger partial charge is 0.322 e. The number of carbonyl (C=O) groups is 3. The van der Waals surface area contributed by atoms with Crippen LogP contribution in [-0.2, 0) is 9.59 Å². The number of hydrogen-bond acceptors (Lipinski definition) is 4. The highest BCUT2D eigenvalue weighted by molar-refractivity contribution is 7.10. The van der Waals surface area contributed by atoms with E-state index in [1.807, 2.05) is 0 Å². The lowest BCUT2D eigenvalue weighted by molar-refractivity contribution is -0.138. The number of hydrogen-bond donors (Lipinski definition) is 4. The van der Waals surface area contributed by atoms with Crippen molar-refractivity contribution in [3.63, 3.8) is 0 Å². The summed E-state index contributed by atoms with van der Waals surface area (Å²) in [7, 11) is 0. The highest BCUT2D eigenvalue weighted by Gasteiger charge is 2.22. The number of urea groups is 1. The number of thiophene rings is 1. The van der Waals surface area contributed by atoms with Crippen molar-refractivity contribution >= 4 is 29.2 Å². The summed E-state index contributed by atoms with van der Waals surface area (Å²) in [6.07, 6.45) is 0. The van der Waals surface area contributed by atoms with Crippen molar-refractivity contribution in [1.82, 2.24) is 10.6 Å². The van der Waals surface area contributed by atoms with E-state index in [2.05, 4.69) is 10.6 Å². The molecule has 7 nitrogen and oxygen atoms in total. The largest absolute Gasteiger partial charge is 0.480 e. The van der Waals surface area contributed by atoms with Gasteiger partial charge in [-0.1, -0.05) is 6.07 Å². The topological polar surface area (TPSA) is 122 Å². The van der Waals surface area contributed by atoms with Gasteiger partial charge in [-0.05, 0) is 11.4 Å². The van der Waals surface area contributed by atoms with Gasteiger partial charge in [-0.2, -0.15) is 0 Å². The molecule has 1 unspecified atom stereocenters. The van der Waals surface area contributed by atoms with Gasteiger partial charge < -0.3 is 21.5 Å². The summed E-state index contributed by atoms with van der Waals surface area (Å²) in [6.45, 7) is -0.513. The molecule has 0 radical (unpaired) electrons. The van der Waals surface area contributed by atoms with Gasteiger partial charge in [0.25, 0.3) is 0 Å². The van der Waals surface area contributed by atoms with Crippen LogP contribution < -0.4 is 16.4 Å². The maximum atomic E-state index is 11.6. The van der Waals surface area contributed by atoms with E-state index in [1.165, 1.54) is 11.3 Å². The number of primary amides is 1. The van der Waals surface area contributed by atoms with Crippen molar-refractivity contribution in [3.05, 3.63) is 22.4 Å². The van der Waals surface area contributed by atoms with Crippen molar-refractivity contribution in [2.45, 2.75) is 6.04 Å². The molecule has 1 aromatic rings. The fourth-order valence-corrected chi connectivity index (χ4v) is 1.90. The molecule has 0 aliphatic heterocycles. The molecule has 0 spiro atoms. The molecule has 1 heterocycles. The zero-order valence-corrected chi connectivity index (χ0v) is 9.49. The van der Waals surface area contributed by atoms with Gasteiger partial charge in [-0.15, -0.1) is 11.3 Å². The predicted molar refractivity (Wildman–Crippen MR) is 60.4 cm³/mol. The van der Waals surface area contributed by atoms with Crippen molar-refractivity contribution in [2.24, 2.45) is 5.73 Å². The van der Waals surface area contributed by atoms with Crippen molar-refractivity contribution in [1.29, 1.82) is 0 Å². The van der Waals surface area contributed by atoms with Crippen LogP contribution in [0.3, 0.4) is 0 Å². The monoisotopic (exact) mass is 257 g/mol. The van der Waals surface area contributed by atoms with Gasteiger partial charge in [0.05, 0.1) is 0 Å². The van der Waals surface area contributed by atoms with Crippen LogP contribution in [0.5, 0.6) is 0 Å². The first kappa shape index (κ1) is 13.0. The number of aliphatic carboxylic acids is 1. The maximum absolute atomic E-state index is 11.6. The molecule has 17 heavy (non-hydrogen) atoms. The molecule has 1 rings (SSSR count). The number of nitrogens with two attached hydrogens (primary N) is 1. The van der Waals surface area contributed by atoms with E-state index in [9.17, 15) is 14.4 Å². The molecule has 3 amide bonds. The Morgan fingerprint density at radius 2 is 2.18 bits per heavy atom. The van der Waals surface area contributed by atoms with Gasteiger partial charge in [-0.25, -0.2) is 4.79 Å². The molecule has 1 atom stereocenters. The average Bonchev–Trinajstić information content (AvgIpc) is 2.75. The summed E-state index contributed by atoms with van der Waals surface area (Å²) >= 11 is 1.26. The first-order valence-electron chi connectivity index (χ1n) is 4.59. The van der Waals surface area contributed by atoms with E-state index in [4.69, 9.17) is 10.8 Å². The molecule has 0 saturated carbocycles. The molecule has 5 N–H and O–H groups in total. The third kappa shape index (κ3) is 4.11. The number of rotatable bonds is 5. The van der Waals surface area contributed by atoms with Crippen LogP contribution >= 0.6 is 11.3 Å². The second kappa shape index (κ2) is 5.85. The zero-order valence-electron chi connectivity index (χ0n) is 8.67. The minimum Gasteiger partial charge on any atom is -0.480 e. The van der Waals surface area contributed by atoms with E-state index in [0.717, 1.165) is 0 Å². The Hall–Kier alpha value is -2.09. The summed E-state index contributed by atoms with van der Waals surface area (Å²) in [6, 6.07) is 1.53. The lowest BCUT2D eigenvalue weighted by atomic mass is 10.2. The van der Waals surface area contributed by atoms with Crippen molar-refractivity contribution in [2.75, 3.05) is 6.54 Å². The fourth-order valence-electron chi connectivity index (χ4n) is 1.13. The van der Waals surface area contributed by atoms with E-state index in [-0.39, 0.29) is 0 Å². The SMILES string of the molecule is NC(=O)NC(C(=O)NCC(=O)O)c1cccs1. The lowest BCUT2D eigenvalue weighted by Crippen LogP contribution is -2.43. The quantitative estimate of drug-likeness (QED) is 0.576. The highest BCUT2D eigenvalue weighted by atomic mass is 32.1. The van der Waals surface area contributed by atoms with Gasteiger partial charge in [0, 0.05) is 4.88 Å². The molecule has 0 aromatic carbocycles. The third-order valence-corrected chi connectivity index (χ3v) is 2.73. The average molecular weight is 257 g/mol. The third-order valence-electron chi connectivity index (χ3n) is 1.79. The molecule has 0 fully saturated rings. The Labute approximate surface area is 101 Å².